The number of benzene rings is 1. The van der Waals surface area contributed by atoms with E-state index < -0.39 is 0 Å². The zero-order valence-corrected chi connectivity index (χ0v) is 10.8. The summed E-state index contributed by atoms with van der Waals surface area (Å²) >= 11 is 0. The van der Waals surface area contributed by atoms with Crippen molar-refractivity contribution in [1.29, 1.82) is 0 Å². The number of hydrogen-bond donors (Lipinski definition) is 2. The van der Waals surface area contributed by atoms with E-state index in [1.165, 1.54) is 37.7 Å². The number of nitrogens with one attached hydrogen (secondary N) is 1. The van der Waals surface area contributed by atoms with Crippen LogP contribution in [0.4, 0.5) is 0 Å². The van der Waals surface area contributed by atoms with E-state index in [9.17, 15) is 0 Å². The second kappa shape index (κ2) is 5.65. The first-order chi connectivity index (χ1) is 8.24. The van der Waals surface area contributed by atoms with Crippen molar-refractivity contribution in [3.63, 3.8) is 0 Å². The monoisotopic (exact) mass is 232 g/mol. The molecule has 1 aromatic rings. The summed E-state index contributed by atoms with van der Waals surface area (Å²) in [6, 6.07) is 11.0. The van der Waals surface area contributed by atoms with Crippen LogP contribution in [-0.2, 0) is 6.42 Å². The molecule has 0 radical (unpaired) electrons. The normalized spacial score (nSPS) is 21.1. The summed E-state index contributed by atoms with van der Waals surface area (Å²) < 4.78 is 0. The van der Waals surface area contributed by atoms with Gasteiger partial charge in [-0.2, -0.15) is 0 Å². The van der Waals surface area contributed by atoms with Gasteiger partial charge in [-0.15, -0.1) is 0 Å². The van der Waals surface area contributed by atoms with Crippen LogP contribution in [0.1, 0.15) is 44.6 Å². The molecule has 0 bridgehead atoms. The van der Waals surface area contributed by atoms with Gasteiger partial charge in [-0.3, -0.25) is 11.3 Å². The second-order valence-electron chi connectivity index (χ2n) is 5.62. The first kappa shape index (κ1) is 12.6. The fraction of sp³-hybridized carbons (Fsp3) is 0.600. The van der Waals surface area contributed by atoms with Crippen molar-refractivity contribution in [1.82, 2.24) is 5.43 Å². The van der Waals surface area contributed by atoms with Crippen molar-refractivity contribution in [2.45, 2.75) is 51.5 Å². The molecule has 0 aliphatic heterocycles. The minimum Gasteiger partial charge on any atom is -0.271 e. The third kappa shape index (κ3) is 3.08. The maximum atomic E-state index is 5.79. The molecule has 0 heterocycles. The number of rotatable bonds is 4. The molecule has 2 rings (SSSR count). The zero-order chi connectivity index (χ0) is 12.1. The van der Waals surface area contributed by atoms with Crippen LogP contribution in [0.15, 0.2) is 30.3 Å². The Morgan fingerprint density at radius 3 is 2.41 bits per heavy atom. The third-order valence-corrected chi connectivity index (χ3v) is 4.32. The average molecular weight is 232 g/mol. The van der Waals surface area contributed by atoms with Gasteiger partial charge in [-0.1, -0.05) is 56.5 Å². The van der Waals surface area contributed by atoms with Crippen LogP contribution < -0.4 is 11.3 Å². The Labute approximate surface area is 105 Å². The highest BCUT2D eigenvalue weighted by molar-refractivity contribution is 5.16. The predicted octanol–water partition coefficient (Wildman–Crippen LogP) is 3.03. The van der Waals surface area contributed by atoms with Gasteiger partial charge in [0.05, 0.1) is 0 Å². The minimum atomic E-state index is 0.364. The molecule has 1 atom stereocenters. The summed E-state index contributed by atoms with van der Waals surface area (Å²) in [5, 5.41) is 0. The van der Waals surface area contributed by atoms with E-state index >= 15 is 0 Å². The molecule has 0 aromatic heterocycles. The van der Waals surface area contributed by atoms with Gasteiger partial charge in [-0.05, 0) is 30.2 Å². The molecule has 2 heteroatoms. The van der Waals surface area contributed by atoms with Crippen molar-refractivity contribution in [3.05, 3.63) is 35.9 Å². The van der Waals surface area contributed by atoms with Gasteiger partial charge < -0.3 is 0 Å². The molecule has 1 aliphatic rings. The Morgan fingerprint density at radius 1 is 1.18 bits per heavy atom. The van der Waals surface area contributed by atoms with Crippen LogP contribution in [-0.4, -0.2) is 6.04 Å². The predicted molar refractivity (Wildman–Crippen MR) is 72.4 cm³/mol. The summed E-state index contributed by atoms with van der Waals surface area (Å²) in [5.74, 6) is 5.79. The molecule has 2 nitrogen and oxygen atoms in total. The molecule has 0 amide bonds. The van der Waals surface area contributed by atoms with Gasteiger partial charge in [0.15, 0.2) is 0 Å². The van der Waals surface area contributed by atoms with Crippen LogP contribution in [0.2, 0.25) is 0 Å². The highest BCUT2D eigenvalue weighted by atomic mass is 15.2. The quantitative estimate of drug-likeness (QED) is 0.618. The summed E-state index contributed by atoms with van der Waals surface area (Å²) in [4.78, 5) is 0. The van der Waals surface area contributed by atoms with Crippen molar-refractivity contribution < 1.29 is 0 Å². The number of nitrogens with two attached hydrogens (primary N) is 1. The SMILES string of the molecule is CC1(C(Cc2ccccc2)NN)CCCCC1. The smallest absolute Gasteiger partial charge is 0.0304 e. The third-order valence-electron chi connectivity index (χ3n) is 4.32. The molecule has 1 aromatic carbocycles. The lowest BCUT2D eigenvalue weighted by Crippen LogP contribution is -2.49. The topological polar surface area (TPSA) is 38.0 Å². The lowest BCUT2D eigenvalue weighted by molar-refractivity contribution is 0.144. The van der Waals surface area contributed by atoms with Crippen LogP contribution >= 0.6 is 0 Å². The minimum absolute atomic E-state index is 0.364. The molecule has 94 valence electrons. The molecule has 3 N–H and O–H groups in total. The molecule has 17 heavy (non-hydrogen) atoms. The Balaban J connectivity index is 2.05. The molecule has 1 aliphatic carbocycles. The first-order valence-corrected chi connectivity index (χ1v) is 6.75. The van der Waals surface area contributed by atoms with E-state index in [4.69, 9.17) is 5.84 Å². The second-order valence-corrected chi connectivity index (χ2v) is 5.62. The fourth-order valence-corrected chi connectivity index (χ4v) is 3.06. The number of hydrogen-bond acceptors (Lipinski definition) is 2. The van der Waals surface area contributed by atoms with E-state index in [0.717, 1.165) is 6.42 Å². The molecule has 1 saturated carbocycles. The molecular weight excluding hydrogens is 208 g/mol. The lowest BCUT2D eigenvalue weighted by Gasteiger charge is -2.40. The summed E-state index contributed by atoms with van der Waals surface area (Å²) in [5.41, 5.74) is 4.80. The Kier molecular flexibility index (Phi) is 4.19. The van der Waals surface area contributed by atoms with E-state index in [-0.39, 0.29) is 0 Å². The molecule has 1 fully saturated rings. The van der Waals surface area contributed by atoms with Crippen LogP contribution in [0.3, 0.4) is 0 Å². The van der Waals surface area contributed by atoms with E-state index in [2.05, 4.69) is 42.7 Å². The van der Waals surface area contributed by atoms with Crippen molar-refractivity contribution in [3.8, 4) is 0 Å². The summed E-state index contributed by atoms with van der Waals surface area (Å²) in [6.45, 7) is 2.39. The van der Waals surface area contributed by atoms with Crippen molar-refractivity contribution >= 4 is 0 Å². The largest absolute Gasteiger partial charge is 0.271 e. The molecule has 0 saturated heterocycles. The van der Waals surface area contributed by atoms with Crippen LogP contribution in [0.5, 0.6) is 0 Å². The Morgan fingerprint density at radius 2 is 1.82 bits per heavy atom. The maximum Gasteiger partial charge on any atom is 0.0304 e. The van der Waals surface area contributed by atoms with Gasteiger partial charge in [0, 0.05) is 6.04 Å². The zero-order valence-electron chi connectivity index (χ0n) is 10.8. The van der Waals surface area contributed by atoms with E-state index in [0.29, 0.717) is 11.5 Å². The summed E-state index contributed by atoms with van der Waals surface area (Å²) in [6.07, 6.45) is 7.72. The first-order valence-electron chi connectivity index (χ1n) is 6.75. The van der Waals surface area contributed by atoms with E-state index in [1.54, 1.807) is 0 Å². The van der Waals surface area contributed by atoms with Gasteiger partial charge in [0.1, 0.15) is 0 Å². The Hall–Kier alpha value is -0.860. The van der Waals surface area contributed by atoms with Gasteiger partial charge in [0.2, 0.25) is 0 Å². The highest BCUT2D eigenvalue weighted by Crippen LogP contribution is 2.39. The van der Waals surface area contributed by atoms with Gasteiger partial charge in [0.25, 0.3) is 0 Å². The lowest BCUT2D eigenvalue weighted by atomic mass is 9.69. The number of hydrazine groups is 1. The van der Waals surface area contributed by atoms with Crippen LogP contribution in [0.25, 0.3) is 0 Å². The van der Waals surface area contributed by atoms with Crippen molar-refractivity contribution in [2.24, 2.45) is 11.3 Å². The standard InChI is InChI=1S/C15H24N2/c1-15(10-6-3-7-11-15)14(17-16)12-13-8-4-2-5-9-13/h2,4-5,8-9,14,17H,3,6-7,10-12,16H2,1H3. The molecular formula is C15H24N2. The fourth-order valence-electron chi connectivity index (χ4n) is 3.06. The summed E-state index contributed by atoms with van der Waals surface area (Å²) in [7, 11) is 0. The van der Waals surface area contributed by atoms with Crippen molar-refractivity contribution in [2.75, 3.05) is 0 Å². The van der Waals surface area contributed by atoms with Gasteiger partial charge in [-0.25, -0.2) is 0 Å². The molecule has 0 spiro atoms. The van der Waals surface area contributed by atoms with Gasteiger partial charge >= 0.3 is 0 Å². The van der Waals surface area contributed by atoms with E-state index in [1.807, 2.05) is 0 Å². The van der Waals surface area contributed by atoms with Crippen LogP contribution in [0, 0.1) is 5.41 Å². The maximum absolute atomic E-state index is 5.79. The highest BCUT2D eigenvalue weighted by Gasteiger charge is 2.34. The molecule has 1 unspecified atom stereocenters. The average Bonchev–Trinajstić information content (AvgIpc) is 2.38. The Bertz CT molecular complexity index is 328.